The maximum atomic E-state index is 9.34. The normalized spacial score (nSPS) is 13.6. The van der Waals surface area contributed by atoms with Crippen molar-refractivity contribution in [3.8, 4) is 0 Å². The SMILES string of the molecule is COC(O)Nc1ccc(C)c(C(C)(C)C)c1. The van der Waals surface area contributed by atoms with Crippen LogP contribution in [0.1, 0.15) is 31.9 Å². The van der Waals surface area contributed by atoms with E-state index in [9.17, 15) is 5.11 Å². The number of rotatable bonds is 3. The first-order chi connectivity index (χ1) is 7.34. The second-order valence-corrected chi connectivity index (χ2v) is 5.01. The number of ether oxygens (including phenoxy) is 1. The van der Waals surface area contributed by atoms with Gasteiger partial charge in [-0.1, -0.05) is 26.8 Å². The summed E-state index contributed by atoms with van der Waals surface area (Å²) in [5, 5.41) is 12.2. The van der Waals surface area contributed by atoms with Crippen LogP contribution in [0.5, 0.6) is 0 Å². The Kier molecular flexibility index (Phi) is 3.94. The Morgan fingerprint density at radius 3 is 2.44 bits per heavy atom. The van der Waals surface area contributed by atoms with Gasteiger partial charge in [0.1, 0.15) is 0 Å². The Labute approximate surface area is 97.4 Å². The first-order valence-electron chi connectivity index (χ1n) is 5.43. The van der Waals surface area contributed by atoms with Crippen LogP contribution in [0, 0.1) is 6.92 Å². The van der Waals surface area contributed by atoms with Gasteiger partial charge in [-0.3, -0.25) is 0 Å². The monoisotopic (exact) mass is 223 g/mol. The molecule has 3 nitrogen and oxygen atoms in total. The minimum atomic E-state index is -0.962. The number of anilines is 1. The number of methoxy groups -OCH3 is 1. The molecule has 0 amide bonds. The highest BCUT2D eigenvalue weighted by atomic mass is 16.6. The number of hydrogen-bond acceptors (Lipinski definition) is 3. The van der Waals surface area contributed by atoms with E-state index in [0.29, 0.717) is 0 Å². The molecule has 0 aliphatic rings. The predicted molar refractivity (Wildman–Crippen MR) is 66.5 cm³/mol. The number of nitrogens with one attached hydrogen (secondary N) is 1. The van der Waals surface area contributed by atoms with Gasteiger partial charge in [-0.2, -0.15) is 0 Å². The molecule has 0 fully saturated rings. The molecule has 1 rings (SSSR count). The molecule has 90 valence electrons. The van der Waals surface area contributed by atoms with Gasteiger partial charge in [0, 0.05) is 12.8 Å². The minimum Gasteiger partial charge on any atom is -0.351 e. The summed E-state index contributed by atoms with van der Waals surface area (Å²) in [6.45, 7) is 8.61. The lowest BCUT2D eigenvalue weighted by molar-refractivity contribution is -0.0509. The van der Waals surface area contributed by atoms with Crippen molar-refractivity contribution in [3.63, 3.8) is 0 Å². The Morgan fingerprint density at radius 2 is 1.94 bits per heavy atom. The summed E-state index contributed by atoms with van der Waals surface area (Å²) in [5.41, 5.74) is 3.48. The summed E-state index contributed by atoms with van der Waals surface area (Å²) in [6.07, 6.45) is -0.962. The molecule has 0 saturated heterocycles. The van der Waals surface area contributed by atoms with E-state index in [1.807, 2.05) is 12.1 Å². The molecule has 2 N–H and O–H groups in total. The number of hydrogen-bond donors (Lipinski definition) is 2. The largest absolute Gasteiger partial charge is 0.351 e. The van der Waals surface area contributed by atoms with Crippen molar-refractivity contribution in [2.45, 2.75) is 39.5 Å². The lowest BCUT2D eigenvalue weighted by Gasteiger charge is -2.23. The average molecular weight is 223 g/mol. The molecular weight excluding hydrogens is 202 g/mol. The number of aryl methyl sites for hydroxylation is 1. The summed E-state index contributed by atoms with van der Waals surface area (Å²) < 4.78 is 4.75. The van der Waals surface area contributed by atoms with Crippen LogP contribution in [0.15, 0.2) is 18.2 Å². The smallest absolute Gasteiger partial charge is 0.235 e. The maximum Gasteiger partial charge on any atom is 0.235 e. The van der Waals surface area contributed by atoms with Gasteiger partial charge in [0.05, 0.1) is 0 Å². The third kappa shape index (κ3) is 3.22. The number of aliphatic hydroxyl groups is 1. The van der Waals surface area contributed by atoms with Gasteiger partial charge in [-0.25, -0.2) is 0 Å². The van der Waals surface area contributed by atoms with Gasteiger partial charge in [0.25, 0.3) is 0 Å². The van der Waals surface area contributed by atoms with E-state index in [4.69, 9.17) is 4.74 Å². The van der Waals surface area contributed by atoms with Crippen molar-refractivity contribution in [1.82, 2.24) is 0 Å². The van der Waals surface area contributed by atoms with Crippen molar-refractivity contribution < 1.29 is 9.84 Å². The lowest BCUT2D eigenvalue weighted by atomic mass is 9.84. The molecule has 0 heterocycles. The highest BCUT2D eigenvalue weighted by Gasteiger charge is 2.16. The third-order valence-electron chi connectivity index (χ3n) is 2.56. The van der Waals surface area contributed by atoms with E-state index in [0.717, 1.165) is 5.69 Å². The Morgan fingerprint density at radius 1 is 1.31 bits per heavy atom. The van der Waals surface area contributed by atoms with E-state index in [1.165, 1.54) is 18.2 Å². The summed E-state index contributed by atoms with van der Waals surface area (Å²) in [7, 11) is 1.45. The summed E-state index contributed by atoms with van der Waals surface area (Å²) in [4.78, 5) is 0. The molecule has 0 aliphatic carbocycles. The molecule has 1 unspecified atom stereocenters. The molecule has 0 radical (unpaired) electrons. The zero-order chi connectivity index (χ0) is 12.3. The highest BCUT2D eigenvalue weighted by Crippen LogP contribution is 2.28. The molecule has 1 atom stereocenters. The second-order valence-electron chi connectivity index (χ2n) is 5.01. The fraction of sp³-hybridized carbons (Fsp3) is 0.538. The van der Waals surface area contributed by atoms with Crippen molar-refractivity contribution in [3.05, 3.63) is 29.3 Å². The quantitative estimate of drug-likeness (QED) is 0.774. The van der Waals surface area contributed by atoms with Crippen molar-refractivity contribution in [2.24, 2.45) is 0 Å². The van der Waals surface area contributed by atoms with Gasteiger partial charge in [-0.15, -0.1) is 0 Å². The zero-order valence-corrected chi connectivity index (χ0v) is 10.7. The van der Waals surface area contributed by atoms with Crippen LogP contribution in [-0.4, -0.2) is 18.6 Å². The van der Waals surface area contributed by atoms with Crippen molar-refractivity contribution in [1.29, 1.82) is 0 Å². The van der Waals surface area contributed by atoms with Crippen LogP contribution in [0.4, 0.5) is 5.69 Å². The summed E-state index contributed by atoms with van der Waals surface area (Å²) in [5.74, 6) is 0. The second kappa shape index (κ2) is 4.85. The maximum absolute atomic E-state index is 9.34. The number of benzene rings is 1. The lowest BCUT2D eigenvalue weighted by Crippen LogP contribution is -2.21. The molecule has 3 heteroatoms. The van der Waals surface area contributed by atoms with Crippen LogP contribution >= 0.6 is 0 Å². The first-order valence-corrected chi connectivity index (χ1v) is 5.43. The fourth-order valence-electron chi connectivity index (χ4n) is 1.72. The molecule has 0 spiro atoms. The predicted octanol–water partition coefficient (Wildman–Crippen LogP) is 2.63. The van der Waals surface area contributed by atoms with Crippen LogP contribution in [0.2, 0.25) is 0 Å². The molecule has 0 aromatic heterocycles. The molecule has 16 heavy (non-hydrogen) atoms. The summed E-state index contributed by atoms with van der Waals surface area (Å²) in [6, 6.07) is 6.04. The standard InChI is InChI=1S/C13H21NO2/c1-9-6-7-10(14-12(15)16-5)8-11(9)13(2,3)4/h6-8,12,14-15H,1-5H3. The van der Waals surface area contributed by atoms with E-state index in [-0.39, 0.29) is 5.41 Å². The van der Waals surface area contributed by atoms with Crippen LogP contribution in [0.3, 0.4) is 0 Å². The van der Waals surface area contributed by atoms with Crippen LogP contribution < -0.4 is 5.32 Å². The summed E-state index contributed by atoms with van der Waals surface area (Å²) >= 11 is 0. The third-order valence-corrected chi connectivity index (χ3v) is 2.56. The number of aliphatic hydroxyl groups excluding tert-OH is 1. The van der Waals surface area contributed by atoms with E-state index in [2.05, 4.69) is 39.1 Å². The Balaban J connectivity index is 2.99. The van der Waals surface area contributed by atoms with Gasteiger partial charge in [-0.05, 0) is 35.6 Å². The Hall–Kier alpha value is -1.06. The minimum absolute atomic E-state index is 0.0970. The molecule has 1 aromatic rings. The fourth-order valence-corrected chi connectivity index (χ4v) is 1.72. The van der Waals surface area contributed by atoms with E-state index >= 15 is 0 Å². The Bertz CT molecular complexity index is 355. The topological polar surface area (TPSA) is 41.5 Å². The van der Waals surface area contributed by atoms with Crippen molar-refractivity contribution in [2.75, 3.05) is 12.4 Å². The highest BCUT2D eigenvalue weighted by molar-refractivity contribution is 5.50. The van der Waals surface area contributed by atoms with Crippen LogP contribution in [-0.2, 0) is 10.2 Å². The van der Waals surface area contributed by atoms with Gasteiger partial charge in [0.2, 0.25) is 6.41 Å². The molecular formula is C13H21NO2. The molecule has 1 aromatic carbocycles. The zero-order valence-electron chi connectivity index (χ0n) is 10.7. The molecule has 0 aliphatic heterocycles. The van der Waals surface area contributed by atoms with E-state index < -0.39 is 6.41 Å². The van der Waals surface area contributed by atoms with Gasteiger partial charge in [0.15, 0.2) is 0 Å². The van der Waals surface area contributed by atoms with Crippen LogP contribution in [0.25, 0.3) is 0 Å². The van der Waals surface area contributed by atoms with E-state index in [1.54, 1.807) is 0 Å². The molecule has 0 saturated carbocycles. The van der Waals surface area contributed by atoms with Gasteiger partial charge < -0.3 is 15.2 Å². The van der Waals surface area contributed by atoms with Crippen molar-refractivity contribution >= 4 is 5.69 Å². The average Bonchev–Trinajstić information content (AvgIpc) is 2.19. The molecule has 0 bridgehead atoms. The first kappa shape index (κ1) is 13.0. The van der Waals surface area contributed by atoms with Gasteiger partial charge >= 0.3 is 0 Å².